The maximum atomic E-state index is 13.5. The third-order valence-electron chi connectivity index (χ3n) is 8.00. The maximum Gasteiger partial charge on any atom is 0.418 e. The van der Waals surface area contributed by atoms with Crippen LogP contribution in [0.4, 0.5) is 10.9 Å². The highest BCUT2D eigenvalue weighted by atomic mass is 35.5. The molecule has 4 heterocycles. The Morgan fingerprint density at radius 3 is 2.65 bits per heavy atom. The van der Waals surface area contributed by atoms with Crippen LogP contribution in [0.25, 0.3) is 10.8 Å². The Hall–Kier alpha value is -4.14. The highest BCUT2D eigenvalue weighted by Crippen LogP contribution is 2.41. The van der Waals surface area contributed by atoms with E-state index in [4.69, 9.17) is 31.5 Å². The number of thiazole rings is 1. The molecule has 0 aliphatic carbocycles. The molecule has 2 aromatic heterocycles. The van der Waals surface area contributed by atoms with Gasteiger partial charge in [0.1, 0.15) is 22.4 Å². The molecule has 6 N–H and O–H groups in total. The number of oxime groups is 1. The van der Waals surface area contributed by atoms with Crippen molar-refractivity contribution in [3.05, 3.63) is 40.5 Å². The van der Waals surface area contributed by atoms with Crippen LogP contribution in [0, 0.1) is 11.8 Å². The van der Waals surface area contributed by atoms with Gasteiger partial charge in [0.05, 0.1) is 36.6 Å². The third-order valence-corrected chi connectivity index (χ3v) is 9.43. The Morgan fingerprint density at radius 1 is 1.33 bits per heavy atom. The predicted molar refractivity (Wildman–Crippen MR) is 173 cm³/mol. The molecule has 3 aromatic rings. The number of nitrogens with one attached hydrogen (secondary N) is 2. The minimum Gasteiger partial charge on any atom is -0.489 e. The summed E-state index contributed by atoms with van der Waals surface area (Å²) in [6.07, 6.45) is -0.344. The van der Waals surface area contributed by atoms with Crippen LogP contribution in [0.2, 0.25) is 4.34 Å². The predicted octanol–water partition coefficient (Wildman–Crippen LogP) is 1.17. The number of anilines is 2. The number of carboxylic acid groups (broad SMARTS) is 1. The molecule has 2 aliphatic rings. The van der Waals surface area contributed by atoms with E-state index in [1.807, 2.05) is 29.9 Å². The van der Waals surface area contributed by atoms with Gasteiger partial charge in [0.2, 0.25) is 0 Å². The lowest BCUT2D eigenvalue weighted by Gasteiger charge is -2.50. The lowest BCUT2D eigenvalue weighted by molar-refractivity contribution is -0.656. The van der Waals surface area contributed by atoms with E-state index in [0.29, 0.717) is 16.7 Å². The van der Waals surface area contributed by atoms with Crippen LogP contribution in [0.3, 0.4) is 0 Å². The molecule has 0 radical (unpaired) electrons. The highest BCUT2D eigenvalue weighted by molar-refractivity contribution is 7.80. The average molecular weight is 727 g/mol. The van der Waals surface area contributed by atoms with Crippen LogP contribution in [0.15, 0.2) is 35.6 Å². The van der Waals surface area contributed by atoms with Gasteiger partial charge in [-0.15, -0.1) is 4.28 Å². The first-order valence-corrected chi connectivity index (χ1v) is 17.0. The molecule has 0 saturated carbocycles. The van der Waals surface area contributed by atoms with Gasteiger partial charge in [0.15, 0.2) is 16.6 Å². The number of nitrogens with zero attached hydrogens (tertiary/aromatic N) is 4. The number of carboxylic acids is 1. The number of hydroxylamine groups is 2. The first-order chi connectivity index (χ1) is 22.5. The van der Waals surface area contributed by atoms with Gasteiger partial charge >= 0.3 is 16.4 Å². The van der Waals surface area contributed by atoms with Crippen molar-refractivity contribution in [1.29, 1.82) is 0 Å². The molecule has 258 valence electrons. The summed E-state index contributed by atoms with van der Waals surface area (Å²) < 4.78 is 43.3. The molecule has 0 unspecified atom stereocenters. The fourth-order valence-corrected chi connectivity index (χ4v) is 6.55. The molecular formula is C28H33ClN7O10S2+. The van der Waals surface area contributed by atoms with Gasteiger partial charge < -0.3 is 25.7 Å². The number of aromatic nitrogens is 2. The number of carbonyl (C=O) groups excluding carboxylic acids is 2. The minimum atomic E-state index is -5.01. The van der Waals surface area contributed by atoms with E-state index in [-0.39, 0.29) is 15.2 Å². The van der Waals surface area contributed by atoms with Gasteiger partial charge in [-0.05, 0) is 43.5 Å². The van der Waals surface area contributed by atoms with Crippen LogP contribution in [0.5, 0.6) is 5.75 Å². The molecule has 2 saturated heterocycles. The van der Waals surface area contributed by atoms with Gasteiger partial charge in [0, 0.05) is 25.4 Å². The summed E-state index contributed by atoms with van der Waals surface area (Å²) in [5, 5.41) is 22.6. The Balaban J connectivity index is 1.31. The van der Waals surface area contributed by atoms with E-state index in [1.54, 1.807) is 12.1 Å². The standard InChI is InChI=1S/C28H32ClN7O10S2/c1-28(2)18(25(38)36(28)46-48(41,42)43)9-19(37)21(22-23(29)47-27(30)33-22)34-45-20(26(39)40)13-44-16-4-5-17-15(8-16)6-7-35(3)24(17)32-12-14-10-31-11-14/h4-8,14,18,20,31H,9-13H2,1-3H3,(H4,30,33,39,40,41,42,43)/p+1/b34-21+/t18-,20+/m1/s1. The molecule has 0 spiro atoms. The number of amides is 1. The first kappa shape index (κ1) is 35.2. The van der Waals surface area contributed by atoms with E-state index in [2.05, 4.69) is 25.1 Å². The molecule has 2 aliphatic heterocycles. The first-order valence-electron chi connectivity index (χ1n) is 14.5. The second kappa shape index (κ2) is 13.8. The Kier molecular flexibility index (Phi) is 10.1. The number of hydrogen-bond acceptors (Lipinski definition) is 14. The summed E-state index contributed by atoms with van der Waals surface area (Å²) in [7, 11) is -3.07. The molecule has 1 amide bonds. The smallest absolute Gasteiger partial charge is 0.418 e. The molecule has 2 fully saturated rings. The van der Waals surface area contributed by atoms with Crippen molar-refractivity contribution < 1.29 is 50.9 Å². The lowest BCUT2D eigenvalue weighted by Crippen LogP contribution is -2.68. The fourth-order valence-electron chi connectivity index (χ4n) is 5.17. The van der Waals surface area contributed by atoms with Crippen molar-refractivity contribution in [1.82, 2.24) is 15.4 Å². The molecule has 2 atom stereocenters. The van der Waals surface area contributed by atoms with Crippen molar-refractivity contribution in [3.8, 4) is 5.75 Å². The molecular weight excluding hydrogens is 694 g/mol. The van der Waals surface area contributed by atoms with Crippen LogP contribution < -0.4 is 25.7 Å². The number of nitrogens with two attached hydrogens (primary N) is 1. The second-order valence-corrected chi connectivity index (χ2v) is 14.4. The van der Waals surface area contributed by atoms with E-state index in [0.717, 1.165) is 47.6 Å². The number of aliphatic carboxylic acids is 1. The number of aryl methyl sites for hydroxylation is 1. The third kappa shape index (κ3) is 7.61. The van der Waals surface area contributed by atoms with Crippen molar-refractivity contribution >= 4 is 78.4 Å². The lowest BCUT2D eigenvalue weighted by atomic mass is 9.74. The summed E-state index contributed by atoms with van der Waals surface area (Å²) in [5.41, 5.74) is 3.67. The van der Waals surface area contributed by atoms with Gasteiger partial charge in [-0.1, -0.05) is 28.1 Å². The van der Waals surface area contributed by atoms with E-state index >= 15 is 0 Å². The number of Topliss-reactive ketones (excluding diaryl/α,β-unsaturated/α-hetero) is 1. The Morgan fingerprint density at radius 2 is 2.06 bits per heavy atom. The van der Waals surface area contributed by atoms with Gasteiger partial charge in [-0.2, -0.15) is 13.5 Å². The number of benzene rings is 1. The average Bonchev–Trinajstić information content (AvgIpc) is 3.32. The summed E-state index contributed by atoms with van der Waals surface area (Å²) in [5.74, 6) is -2.49. The van der Waals surface area contributed by atoms with Crippen LogP contribution in [0.1, 0.15) is 26.0 Å². The molecule has 1 aromatic carbocycles. The van der Waals surface area contributed by atoms with Crippen molar-refractivity contribution in [3.63, 3.8) is 0 Å². The van der Waals surface area contributed by atoms with Gasteiger partial charge in [0.25, 0.3) is 17.8 Å². The molecule has 5 rings (SSSR count). The van der Waals surface area contributed by atoms with Gasteiger partial charge in [-0.3, -0.25) is 19.5 Å². The zero-order valence-electron chi connectivity index (χ0n) is 25.9. The Labute approximate surface area is 283 Å². The number of hydrogen-bond donors (Lipinski definition) is 5. The van der Waals surface area contributed by atoms with Crippen LogP contribution in [-0.2, 0) is 41.0 Å². The SMILES string of the molecule is C[n+]1ccc2cc(OC[C@H](O/N=C(\C(=O)C[C@@H]3C(=O)N(OS(=O)(=O)O)C3(C)C)c3nc(N)sc3Cl)C(=O)O)ccc2c1NCC1CNC1. The van der Waals surface area contributed by atoms with E-state index < -0.39 is 64.4 Å². The van der Waals surface area contributed by atoms with Crippen LogP contribution in [-0.4, -0.2) is 89.4 Å². The summed E-state index contributed by atoms with van der Waals surface area (Å²) in [6.45, 7) is 5.05. The molecule has 0 bridgehead atoms. The number of ketones is 1. The van der Waals surface area contributed by atoms with Crippen molar-refractivity contribution in [2.45, 2.75) is 31.9 Å². The topological polar surface area (TPSA) is 236 Å². The summed E-state index contributed by atoms with van der Waals surface area (Å²) in [4.78, 5) is 47.5. The highest BCUT2D eigenvalue weighted by Gasteiger charge is 2.57. The monoisotopic (exact) mass is 726 g/mol. The van der Waals surface area contributed by atoms with E-state index in [1.165, 1.54) is 13.8 Å². The quantitative estimate of drug-likeness (QED) is 0.0486. The fraction of sp³-hybridized carbons (Fsp3) is 0.429. The summed E-state index contributed by atoms with van der Waals surface area (Å²) in [6, 6.07) is 7.21. The molecule has 48 heavy (non-hydrogen) atoms. The normalized spacial score (nSPS) is 18.6. The summed E-state index contributed by atoms with van der Waals surface area (Å²) >= 11 is 7.05. The number of carbonyl (C=O) groups is 3. The zero-order valence-corrected chi connectivity index (χ0v) is 28.3. The molecule has 20 heteroatoms. The van der Waals surface area contributed by atoms with Crippen molar-refractivity contribution in [2.75, 3.05) is 37.3 Å². The largest absolute Gasteiger partial charge is 0.489 e. The Bertz CT molecular complexity index is 1900. The number of pyridine rings is 1. The maximum absolute atomic E-state index is 13.5. The van der Waals surface area contributed by atoms with Crippen LogP contribution >= 0.6 is 22.9 Å². The van der Waals surface area contributed by atoms with E-state index in [9.17, 15) is 27.9 Å². The number of halogens is 1. The number of nitrogen functional groups attached to an aromatic ring is 1. The number of rotatable bonds is 15. The number of ether oxygens (including phenoxy) is 1. The zero-order chi connectivity index (χ0) is 35.0. The van der Waals surface area contributed by atoms with Gasteiger partial charge in [-0.25, -0.2) is 14.3 Å². The number of fused-ring (bicyclic) bond motifs is 1. The van der Waals surface area contributed by atoms with Crippen molar-refractivity contribution in [2.24, 2.45) is 24.0 Å². The number of β-lactam (4-membered cyclic amide) rings is 1. The second-order valence-electron chi connectivity index (χ2n) is 11.8. The molecule has 17 nitrogen and oxygen atoms in total. The minimum absolute atomic E-state index is 0.0234.